The van der Waals surface area contributed by atoms with Crippen LogP contribution in [0.3, 0.4) is 0 Å². The molecule has 0 amide bonds. The number of nitrogens with zero attached hydrogens (tertiary/aromatic N) is 4. The molecule has 0 saturated heterocycles. The van der Waals surface area contributed by atoms with Gasteiger partial charge in [0.25, 0.3) is 0 Å². The molecule has 0 atom stereocenters. The fourth-order valence-electron chi connectivity index (χ4n) is 0.919. The molecule has 0 radical (unpaired) electrons. The summed E-state index contributed by atoms with van der Waals surface area (Å²) in [6.45, 7) is 2.71. The minimum Gasteiger partial charge on any atom is -0.478 e. The van der Waals surface area contributed by atoms with Crippen LogP contribution in [-0.2, 0) is 6.54 Å². The van der Waals surface area contributed by atoms with E-state index in [4.69, 9.17) is 10.3 Å². The molecule has 0 aliphatic rings. The predicted molar refractivity (Wildman–Crippen MR) is 48.3 cm³/mol. The van der Waals surface area contributed by atoms with Gasteiger partial charge in [-0.2, -0.15) is 0 Å². The van der Waals surface area contributed by atoms with Gasteiger partial charge in [0.2, 0.25) is 5.88 Å². The molecule has 1 aromatic heterocycles. The van der Waals surface area contributed by atoms with Crippen LogP contribution in [0.25, 0.3) is 10.4 Å². The van der Waals surface area contributed by atoms with Gasteiger partial charge >= 0.3 is 0 Å². The van der Waals surface area contributed by atoms with Gasteiger partial charge in [0, 0.05) is 16.7 Å². The molecule has 0 aliphatic carbocycles. The molecular formula is C8H10N4O. The van der Waals surface area contributed by atoms with E-state index < -0.39 is 0 Å². The van der Waals surface area contributed by atoms with E-state index in [-0.39, 0.29) is 6.54 Å². The van der Waals surface area contributed by atoms with Crippen LogP contribution >= 0.6 is 0 Å². The fourth-order valence-corrected chi connectivity index (χ4v) is 0.919. The average Bonchev–Trinajstić information content (AvgIpc) is 2.17. The van der Waals surface area contributed by atoms with E-state index >= 15 is 0 Å². The summed E-state index contributed by atoms with van der Waals surface area (Å²) >= 11 is 0. The topological polar surface area (TPSA) is 70.9 Å². The highest BCUT2D eigenvalue weighted by Crippen LogP contribution is 2.14. The molecule has 0 aromatic carbocycles. The van der Waals surface area contributed by atoms with Crippen LogP contribution in [0.1, 0.15) is 12.5 Å². The number of pyridine rings is 1. The Balaban J connectivity index is 2.83. The maximum Gasteiger partial charge on any atom is 0.216 e. The highest BCUT2D eigenvalue weighted by atomic mass is 16.5. The standard InChI is InChI=1S/C8H10N4O/c1-2-13-8-7(6-11-12-9)4-3-5-10-8/h3-5H,2,6H2,1H3. The van der Waals surface area contributed by atoms with Crippen molar-refractivity contribution in [3.8, 4) is 5.88 Å². The number of hydrogen-bond acceptors (Lipinski definition) is 3. The first-order valence-electron chi connectivity index (χ1n) is 3.96. The summed E-state index contributed by atoms with van der Waals surface area (Å²) < 4.78 is 5.24. The minimum absolute atomic E-state index is 0.277. The molecule has 0 bridgehead atoms. The van der Waals surface area contributed by atoms with Crippen molar-refractivity contribution >= 4 is 0 Å². The Kier molecular flexibility index (Phi) is 3.60. The van der Waals surface area contributed by atoms with Crippen molar-refractivity contribution in [3.05, 3.63) is 34.3 Å². The molecule has 1 heterocycles. The van der Waals surface area contributed by atoms with E-state index in [9.17, 15) is 0 Å². The van der Waals surface area contributed by atoms with Crippen LogP contribution < -0.4 is 4.74 Å². The fraction of sp³-hybridized carbons (Fsp3) is 0.375. The third kappa shape index (κ3) is 2.65. The van der Waals surface area contributed by atoms with Crippen molar-refractivity contribution in [2.45, 2.75) is 13.5 Å². The molecule has 5 nitrogen and oxygen atoms in total. The Morgan fingerprint density at radius 1 is 1.69 bits per heavy atom. The zero-order chi connectivity index (χ0) is 9.52. The molecular weight excluding hydrogens is 168 g/mol. The first-order chi connectivity index (χ1) is 6.38. The van der Waals surface area contributed by atoms with Crippen molar-refractivity contribution in [1.82, 2.24) is 4.98 Å². The Morgan fingerprint density at radius 2 is 2.54 bits per heavy atom. The van der Waals surface area contributed by atoms with Crippen LogP contribution in [0.4, 0.5) is 0 Å². The molecule has 68 valence electrons. The van der Waals surface area contributed by atoms with Gasteiger partial charge in [-0.15, -0.1) is 0 Å². The molecule has 1 aromatic rings. The lowest BCUT2D eigenvalue weighted by molar-refractivity contribution is 0.323. The van der Waals surface area contributed by atoms with Gasteiger partial charge in [-0.1, -0.05) is 11.2 Å². The van der Waals surface area contributed by atoms with Gasteiger partial charge in [0.15, 0.2) is 0 Å². The molecule has 0 saturated carbocycles. The molecule has 0 spiro atoms. The summed E-state index contributed by atoms with van der Waals surface area (Å²) in [6.07, 6.45) is 1.64. The summed E-state index contributed by atoms with van der Waals surface area (Å²) in [5.41, 5.74) is 8.95. The number of rotatable bonds is 4. The quantitative estimate of drug-likeness (QED) is 0.403. The number of azide groups is 1. The SMILES string of the molecule is CCOc1ncccc1CN=[N+]=[N-]. The summed E-state index contributed by atoms with van der Waals surface area (Å²) in [7, 11) is 0. The molecule has 0 N–H and O–H groups in total. The van der Waals surface area contributed by atoms with Crippen LogP contribution in [-0.4, -0.2) is 11.6 Å². The molecule has 0 fully saturated rings. The van der Waals surface area contributed by atoms with Gasteiger partial charge in [-0.25, -0.2) is 4.98 Å². The van der Waals surface area contributed by atoms with Crippen LogP contribution in [0, 0.1) is 0 Å². The van der Waals surface area contributed by atoms with Gasteiger partial charge in [0.05, 0.1) is 13.2 Å². The van der Waals surface area contributed by atoms with Gasteiger partial charge in [-0.05, 0) is 18.5 Å². The van der Waals surface area contributed by atoms with E-state index in [2.05, 4.69) is 15.0 Å². The third-order valence-electron chi connectivity index (χ3n) is 1.44. The van der Waals surface area contributed by atoms with E-state index in [0.717, 1.165) is 5.56 Å². The second kappa shape index (κ2) is 5.00. The Morgan fingerprint density at radius 3 is 3.23 bits per heavy atom. The van der Waals surface area contributed by atoms with Gasteiger partial charge in [0.1, 0.15) is 0 Å². The highest BCUT2D eigenvalue weighted by Gasteiger charge is 2.01. The number of hydrogen-bond donors (Lipinski definition) is 0. The first kappa shape index (κ1) is 9.35. The number of ether oxygens (including phenoxy) is 1. The second-order valence-electron chi connectivity index (χ2n) is 2.29. The molecule has 0 unspecified atom stereocenters. The lowest BCUT2D eigenvalue weighted by Crippen LogP contribution is -1.97. The summed E-state index contributed by atoms with van der Waals surface area (Å²) in [5.74, 6) is 0.539. The van der Waals surface area contributed by atoms with Gasteiger partial charge in [-0.3, -0.25) is 0 Å². The van der Waals surface area contributed by atoms with Crippen LogP contribution in [0.2, 0.25) is 0 Å². The maximum atomic E-state index is 8.15. The zero-order valence-electron chi connectivity index (χ0n) is 7.34. The lowest BCUT2D eigenvalue weighted by Gasteiger charge is -2.05. The van der Waals surface area contributed by atoms with Crippen molar-refractivity contribution in [1.29, 1.82) is 0 Å². The van der Waals surface area contributed by atoms with Crippen molar-refractivity contribution in [2.75, 3.05) is 6.61 Å². The van der Waals surface area contributed by atoms with E-state index in [1.54, 1.807) is 12.3 Å². The lowest BCUT2D eigenvalue weighted by atomic mass is 10.3. The largest absolute Gasteiger partial charge is 0.478 e. The Labute approximate surface area is 76.0 Å². The second-order valence-corrected chi connectivity index (χ2v) is 2.29. The Hall–Kier alpha value is -1.74. The van der Waals surface area contributed by atoms with E-state index in [1.807, 2.05) is 13.0 Å². The molecule has 0 aliphatic heterocycles. The zero-order valence-corrected chi connectivity index (χ0v) is 7.34. The predicted octanol–water partition coefficient (Wildman–Crippen LogP) is 2.29. The van der Waals surface area contributed by atoms with E-state index in [1.165, 1.54) is 0 Å². The third-order valence-corrected chi connectivity index (χ3v) is 1.44. The molecule has 5 heteroatoms. The van der Waals surface area contributed by atoms with Crippen molar-refractivity contribution in [2.24, 2.45) is 5.11 Å². The monoisotopic (exact) mass is 178 g/mol. The summed E-state index contributed by atoms with van der Waals surface area (Å²) in [5, 5.41) is 3.45. The normalized spacial score (nSPS) is 9.00. The first-order valence-corrected chi connectivity index (χ1v) is 3.96. The average molecular weight is 178 g/mol. The highest BCUT2D eigenvalue weighted by molar-refractivity contribution is 5.25. The molecule has 13 heavy (non-hydrogen) atoms. The molecule has 1 rings (SSSR count). The van der Waals surface area contributed by atoms with Crippen molar-refractivity contribution in [3.63, 3.8) is 0 Å². The van der Waals surface area contributed by atoms with Gasteiger partial charge < -0.3 is 4.74 Å². The maximum absolute atomic E-state index is 8.15. The van der Waals surface area contributed by atoms with Crippen molar-refractivity contribution < 1.29 is 4.74 Å². The minimum atomic E-state index is 0.277. The summed E-state index contributed by atoms with van der Waals surface area (Å²) in [4.78, 5) is 6.69. The summed E-state index contributed by atoms with van der Waals surface area (Å²) in [6, 6.07) is 3.61. The Bertz CT molecular complexity index is 320. The van der Waals surface area contributed by atoms with Crippen LogP contribution in [0.15, 0.2) is 23.4 Å². The number of aromatic nitrogens is 1. The smallest absolute Gasteiger partial charge is 0.216 e. The van der Waals surface area contributed by atoms with E-state index in [0.29, 0.717) is 12.5 Å². The van der Waals surface area contributed by atoms with Crippen LogP contribution in [0.5, 0.6) is 5.88 Å².